The van der Waals surface area contributed by atoms with Gasteiger partial charge in [-0.1, -0.05) is 18.2 Å². The maximum absolute atomic E-state index is 14.0. The second-order valence-electron chi connectivity index (χ2n) is 9.65. The highest BCUT2D eigenvalue weighted by molar-refractivity contribution is 7.91. The highest BCUT2D eigenvalue weighted by atomic mass is 32.2. The lowest BCUT2D eigenvalue weighted by Gasteiger charge is -2.23. The average Bonchev–Trinajstić information content (AvgIpc) is 3.30. The van der Waals surface area contributed by atoms with Gasteiger partial charge in [-0.05, 0) is 77.4 Å². The molecule has 0 saturated carbocycles. The normalized spacial score (nSPS) is 16.3. The number of hydrogen-bond acceptors (Lipinski definition) is 8. The van der Waals surface area contributed by atoms with E-state index in [-0.39, 0.29) is 28.9 Å². The molecule has 1 fully saturated rings. The monoisotopic (exact) mass is 558 g/mol. The number of rotatable bonds is 9. The van der Waals surface area contributed by atoms with E-state index in [0.29, 0.717) is 40.9 Å². The molecule has 40 heavy (non-hydrogen) atoms. The van der Waals surface area contributed by atoms with E-state index < -0.39 is 21.3 Å². The van der Waals surface area contributed by atoms with Crippen LogP contribution < -0.4 is 21.5 Å². The zero-order valence-corrected chi connectivity index (χ0v) is 22.7. The lowest BCUT2D eigenvalue weighted by Crippen LogP contribution is -2.42. The van der Waals surface area contributed by atoms with Crippen molar-refractivity contribution in [1.29, 1.82) is 5.41 Å². The van der Waals surface area contributed by atoms with Crippen LogP contribution in [-0.2, 0) is 21.2 Å². The smallest absolute Gasteiger partial charge is 0.240 e. The first-order chi connectivity index (χ1) is 19.2. The van der Waals surface area contributed by atoms with Crippen molar-refractivity contribution >= 4 is 38.0 Å². The molecule has 1 amide bonds. The van der Waals surface area contributed by atoms with Crippen LogP contribution in [-0.4, -0.2) is 49.7 Å². The molecular weight excluding hydrogens is 528 g/mol. The van der Waals surface area contributed by atoms with Gasteiger partial charge in [0.05, 0.1) is 23.7 Å². The summed E-state index contributed by atoms with van der Waals surface area (Å²) in [4.78, 5) is 19.5. The van der Waals surface area contributed by atoms with Crippen LogP contribution in [0.25, 0.3) is 10.8 Å². The number of carbonyl (C=O) groups excluding carboxylic acids is 1. The molecular formula is C29H30N6O4S. The summed E-state index contributed by atoms with van der Waals surface area (Å²) in [5, 5.41) is 11.1. The molecule has 0 radical (unpaired) electrons. The summed E-state index contributed by atoms with van der Waals surface area (Å²) in [6, 6.07) is 19.7. The maximum Gasteiger partial charge on any atom is 0.240 e. The van der Waals surface area contributed by atoms with Gasteiger partial charge >= 0.3 is 0 Å². The van der Waals surface area contributed by atoms with Crippen LogP contribution in [0.2, 0.25) is 0 Å². The number of amides is 1. The molecule has 5 rings (SSSR count). The number of nitrogens with one attached hydrogen (secondary N) is 2. The Balaban J connectivity index is 1.43. The van der Waals surface area contributed by atoms with Crippen LogP contribution in [0.15, 0.2) is 83.9 Å². The molecule has 1 saturated heterocycles. The van der Waals surface area contributed by atoms with E-state index in [0.717, 1.165) is 5.39 Å². The number of nitrogen functional groups attached to an aromatic ring is 2. The number of nitrogens with zero attached hydrogens (tertiary/aromatic N) is 2. The summed E-state index contributed by atoms with van der Waals surface area (Å²) >= 11 is 0. The molecule has 3 aromatic carbocycles. The molecule has 0 bridgehead atoms. The Kier molecular flexibility index (Phi) is 7.42. The minimum Gasteiger partial charge on any atom is -0.497 e. The quantitative estimate of drug-likeness (QED) is 0.138. The number of pyridine rings is 1. The molecule has 0 aliphatic carbocycles. The summed E-state index contributed by atoms with van der Waals surface area (Å²) in [6.07, 6.45) is 1.93. The van der Waals surface area contributed by atoms with Gasteiger partial charge in [0.25, 0.3) is 0 Å². The number of fused-ring (bicyclic) bond motifs is 1. The first-order valence-corrected chi connectivity index (χ1v) is 14.2. The molecule has 1 aromatic heterocycles. The van der Waals surface area contributed by atoms with Crippen molar-refractivity contribution in [3.63, 3.8) is 0 Å². The number of hydrogen-bond donors (Lipinski definition) is 4. The molecule has 2 atom stereocenters. The van der Waals surface area contributed by atoms with Gasteiger partial charge < -0.3 is 21.1 Å². The predicted molar refractivity (Wildman–Crippen MR) is 153 cm³/mol. The van der Waals surface area contributed by atoms with Crippen molar-refractivity contribution < 1.29 is 17.9 Å². The van der Waals surface area contributed by atoms with Crippen LogP contribution in [0.5, 0.6) is 5.75 Å². The highest BCUT2D eigenvalue weighted by Crippen LogP contribution is 2.31. The second-order valence-corrected chi connectivity index (χ2v) is 11.7. The van der Waals surface area contributed by atoms with Gasteiger partial charge in [0.2, 0.25) is 5.91 Å². The number of ether oxygens (including phenoxy) is 1. The number of nitrogens with two attached hydrogens (primary N) is 2. The maximum atomic E-state index is 14.0. The van der Waals surface area contributed by atoms with Crippen molar-refractivity contribution in [3.8, 4) is 5.75 Å². The van der Waals surface area contributed by atoms with Gasteiger partial charge in [-0.3, -0.25) is 20.5 Å². The molecule has 1 unspecified atom stereocenters. The SMILES string of the molecule is COc1ccc2ccc(S(=O)(=O)[C@H](NC3CCN(Cc4cc(C(=N)N)ccc4N)C3=O)c3ccccn3)cc2c1. The van der Waals surface area contributed by atoms with E-state index in [1.165, 1.54) is 6.20 Å². The van der Waals surface area contributed by atoms with E-state index in [1.807, 2.05) is 12.1 Å². The molecule has 1 aliphatic rings. The summed E-state index contributed by atoms with van der Waals surface area (Å²) in [7, 11) is -2.46. The van der Waals surface area contributed by atoms with E-state index in [2.05, 4.69) is 10.3 Å². The van der Waals surface area contributed by atoms with E-state index in [4.69, 9.17) is 21.6 Å². The average molecular weight is 559 g/mol. The second kappa shape index (κ2) is 10.9. The largest absolute Gasteiger partial charge is 0.497 e. The number of likely N-dealkylation sites (tertiary alicyclic amines) is 1. The molecule has 206 valence electrons. The number of aromatic nitrogens is 1. The number of anilines is 1. The fraction of sp³-hybridized carbons (Fsp3) is 0.207. The van der Waals surface area contributed by atoms with Crippen molar-refractivity contribution in [2.24, 2.45) is 5.73 Å². The van der Waals surface area contributed by atoms with Crippen molar-refractivity contribution in [2.75, 3.05) is 19.4 Å². The third-order valence-corrected chi connectivity index (χ3v) is 8.99. The van der Waals surface area contributed by atoms with Gasteiger partial charge in [0.1, 0.15) is 11.6 Å². The number of carbonyl (C=O) groups is 1. The first kappa shape index (κ1) is 27.1. The third-order valence-electron chi connectivity index (χ3n) is 7.08. The summed E-state index contributed by atoms with van der Waals surface area (Å²) in [5.74, 6) is 0.281. The fourth-order valence-electron chi connectivity index (χ4n) is 4.86. The molecule has 2 heterocycles. The Hall–Kier alpha value is -4.48. The zero-order valence-electron chi connectivity index (χ0n) is 21.9. The minimum absolute atomic E-state index is 0.0934. The molecule has 0 spiro atoms. The van der Waals surface area contributed by atoms with Gasteiger partial charge in [-0.25, -0.2) is 8.42 Å². The van der Waals surface area contributed by atoms with Gasteiger partial charge in [-0.15, -0.1) is 0 Å². The van der Waals surface area contributed by atoms with Crippen LogP contribution in [0.3, 0.4) is 0 Å². The Morgan fingerprint density at radius 2 is 1.93 bits per heavy atom. The van der Waals surface area contributed by atoms with E-state index >= 15 is 0 Å². The Labute approximate surface area is 232 Å². The van der Waals surface area contributed by atoms with Crippen molar-refractivity contribution in [2.45, 2.75) is 29.3 Å². The topological polar surface area (TPSA) is 164 Å². The molecule has 11 heteroatoms. The molecule has 6 N–H and O–H groups in total. The van der Waals surface area contributed by atoms with Gasteiger partial charge in [0.15, 0.2) is 15.2 Å². The minimum atomic E-state index is -4.02. The Morgan fingerprint density at radius 3 is 2.65 bits per heavy atom. The Bertz CT molecular complexity index is 1690. The first-order valence-electron chi connectivity index (χ1n) is 12.7. The number of methoxy groups -OCH3 is 1. The van der Waals surface area contributed by atoms with E-state index in [1.54, 1.807) is 72.7 Å². The highest BCUT2D eigenvalue weighted by Gasteiger charge is 2.38. The van der Waals surface area contributed by atoms with Crippen molar-refractivity contribution in [3.05, 3.63) is 95.8 Å². The summed E-state index contributed by atoms with van der Waals surface area (Å²) in [5.41, 5.74) is 13.7. The van der Waals surface area contributed by atoms with Gasteiger partial charge in [-0.2, -0.15) is 0 Å². The van der Waals surface area contributed by atoms with Crippen LogP contribution in [0.4, 0.5) is 5.69 Å². The number of sulfone groups is 1. The standard InChI is InChI=1S/C29H30N6O4S/c1-39-22-8-5-18-6-9-23(16-20(18)15-22)40(37,38)28(25-4-2-3-12-33-25)34-26-11-13-35(29(26)36)17-21-14-19(27(31)32)7-10-24(21)30/h2-10,12,14-16,26,28,34H,11,13,17,30H2,1H3,(H3,31,32)/t26?,28-/m0/s1. The predicted octanol–water partition coefficient (Wildman–Crippen LogP) is 2.97. The van der Waals surface area contributed by atoms with E-state index in [9.17, 15) is 13.2 Å². The van der Waals surface area contributed by atoms with Crippen LogP contribution in [0, 0.1) is 5.41 Å². The third kappa shape index (κ3) is 5.33. The number of amidine groups is 1. The van der Waals surface area contributed by atoms with Gasteiger partial charge in [0, 0.05) is 30.5 Å². The summed E-state index contributed by atoms with van der Waals surface area (Å²) in [6.45, 7) is 0.627. The Morgan fingerprint density at radius 1 is 1.12 bits per heavy atom. The number of benzene rings is 3. The van der Waals surface area contributed by atoms with Crippen molar-refractivity contribution in [1.82, 2.24) is 15.2 Å². The van der Waals surface area contributed by atoms with Crippen LogP contribution >= 0.6 is 0 Å². The molecule has 1 aliphatic heterocycles. The molecule has 10 nitrogen and oxygen atoms in total. The van der Waals surface area contributed by atoms with Crippen LogP contribution in [0.1, 0.15) is 28.6 Å². The fourth-order valence-corrected chi connectivity index (χ4v) is 6.48. The summed E-state index contributed by atoms with van der Waals surface area (Å²) < 4.78 is 33.4. The lowest BCUT2D eigenvalue weighted by atomic mass is 10.1. The lowest BCUT2D eigenvalue weighted by molar-refractivity contribution is -0.130. The molecule has 4 aromatic rings. The zero-order chi connectivity index (χ0) is 28.4.